The van der Waals surface area contributed by atoms with Gasteiger partial charge in [0.05, 0.1) is 5.69 Å². The van der Waals surface area contributed by atoms with Crippen molar-refractivity contribution in [2.24, 2.45) is 10.8 Å². The minimum Gasteiger partial charge on any atom is -0.454 e. The number of rotatable bonds is 4. The van der Waals surface area contributed by atoms with Crippen LogP contribution in [-0.2, 0) is 4.79 Å². The normalized spacial score (nSPS) is 26.0. The third kappa shape index (κ3) is 3.56. The Morgan fingerprint density at radius 1 is 1.15 bits per heavy atom. The number of fused-ring (bicyclic) bond motifs is 4. The first-order valence-electron chi connectivity index (χ1n) is 11.9. The van der Waals surface area contributed by atoms with Gasteiger partial charge in [0.15, 0.2) is 11.5 Å². The van der Waals surface area contributed by atoms with Crippen LogP contribution >= 0.6 is 0 Å². The molecular formula is C27H31N3O3. The Hall–Kier alpha value is -3.02. The molecule has 0 N–H and O–H groups in total. The molecule has 6 rings (SSSR count). The van der Waals surface area contributed by atoms with Crippen LogP contribution in [0.5, 0.6) is 11.5 Å². The molecule has 6 nitrogen and oxygen atoms in total. The number of aromatic nitrogens is 2. The second-order valence-corrected chi connectivity index (χ2v) is 11.2. The summed E-state index contributed by atoms with van der Waals surface area (Å²) >= 11 is 0. The molecule has 2 fully saturated rings. The van der Waals surface area contributed by atoms with Crippen LogP contribution in [0, 0.1) is 10.8 Å². The largest absolute Gasteiger partial charge is 0.454 e. The highest BCUT2D eigenvalue weighted by molar-refractivity contribution is 5.79. The number of carbonyl (C=O) groups is 1. The minimum absolute atomic E-state index is 0.120. The fourth-order valence-corrected chi connectivity index (χ4v) is 6.78. The van der Waals surface area contributed by atoms with E-state index < -0.39 is 0 Å². The summed E-state index contributed by atoms with van der Waals surface area (Å²) in [5, 5.41) is 0. The van der Waals surface area contributed by atoms with Crippen LogP contribution in [0.15, 0.2) is 48.8 Å². The molecule has 3 atom stereocenters. The number of amides is 1. The lowest BCUT2D eigenvalue weighted by Crippen LogP contribution is -2.38. The van der Waals surface area contributed by atoms with E-state index in [9.17, 15) is 4.79 Å². The summed E-state index contributed by atoms with van der Waals surface area (Å²) < 4.78 is 13.3. The predicted molar refractivity (Wildman–Crippen MR) is 125 cm³/mol. The standard InChI is InChI=1S/C27H31N3O3/c1-26(2)12-19-13-27(3,15-26)16-30(19)25(31)11-20(18-7-8-22-23(10-18)33-17-32-22)21-14-28-24-6-4-5-9-29(21)24/h4-10,14,19-20H,11-13,15-17H2,1-3H3. The SMILES string of the molecule is CC1(C)CC2CC(C)(CN2C(=O)CC(c2ccc3c(c2)OCO3)c2cnc3ccccn23)C1. The van der Waals surface area contributed by atoms with Crippen molar-refractivity contribution in [3.63, 3.8) is 0 Å². The molecule has 0 spiro atoms. The topological polar surface area (TPSA) is 56.1 Å². The van der Waals surface area contributed by atoms with Gasteiger partial charge >= 0.3 is 0 Å². The number of hydrogen-bond acceptors (Lipinski definition) is 4. The van der Waals surface area contributed by atoms with E-state index in [1.54, 1.807) is 0 Å². The molecule has 4 heterocycles. The van der Waals surface area contributed by atoms with Crippen LogP contribution in [0.2, 0.25) is 0 Å². The van der Waals surface area contributed by atoms with E-state index in [0.717, 1.165) is 47.8 Å². The van der Waals surface area contributed by atoms with Crippen LogP contribution < -0.4 is 9.47 Å². The second-order valence-electron chi connectivity index (χ2n) is 11.2. The summed E-state index contributed by atoms with van der Waals surface area (Å²) in [4.78, 5) is 20.6. The van der Waals surface area contributed by atoms with E-state index in [0.29, 0.717) is 12.5 Å². The van der Waals surface area contributed by atoms with Crippen molar-refractivity contribution >= 4 is 11.6 Å². The molecule has 2 bridgehead atoms. The number of ether oxygens (including phenoxy) is 2. The fraction of sp³-hybridized carbons (Fsp3) is 0.481. The van der Waals surface area contributed by atoms with Gasteiger partial charge in [-0.15, -0.1) is 0 Å². The van der Waals surface area contributed by atoms with Crippen LogP contribution in [0.25, 0.3) is 5.65 Å². The van der Waals surface area contributed by atoms with Crippen molar-refractivity contribution in [2.75, 3.05) is 13.3 Å². The van der Waals surface area contributed by atoms with Gasteiger partial charge in [-0.1, -0.05) is 32.9 Å². The van der Waals surface area contributed by atoms with Crippen LogP contribution in [0.4, 0.5) is 0 Å². The molecule has 33 heavy (non-hydrogen) atoms. The molecule has 1 amide bonds. The minimum atomic E-state index is -0.120. The number of pyridine rings is 1. The fourth-order valence-electron chi connectivity index (χ4n) is 6.78. The summed E-state index contributed by atoms with van der Waals surface area (Å²) in [5.74, 6) is 1.61. The number of hydrogen-bond donors (Lipinski definition) is 0. The Morgan fingerprint density at radius 2 is 2.00 bits per heavy atom. The highest BCUT2D eigenvalue weighted by atomic mass is 16.7. The van der Waals surface area contributed by atoms with E-state index in [-0.39, 0.29) is 29.4 Å². The summed E-state index contributed by atoms with van der Waals surface area (Å²) in [5.41, 5.74) is 3.46. The van der Waals surface area contributed by atoms with Crippen molar-refractivity contribution < 1.29 is 14.3 Å². The van der Waals surface area contributed by atoms with Crippen molar-refractivity contribution in [1.82, 2.24) is 14.3 Å². The van der Waals surface area contributed by atoms with Gasteiger partial charge in [-0.25, -0.2) is 4.98 Å². The summed E-state index contributed by atoms with van der Waals surface area (Å²) in [6.07, 6.45) is 7.72. The molecule has 6 heteroatoms. The Morgan fingerprint density at radius 3 is 2.88 bits per heavy atom. The molecule has 3 unspecified atom stereocenters. The number of nitrogens with zero attached hydrogens (tertiary/aromatic N) is 3. The van der Waals surface area contributed by atoms with Gasteiger partial charge in [-0.3, -0.25) is 4.79 Å². The second kappa shape index (κ2) is 7.24. The lowest BCUT2D eigenvalue weighted by atomic mass is 9.65. The lowest BCUT2D eigenvalue weighted by molar-refractivity contribution is -0.132. The van der Waals surface area contributed by atoms with Crippen molar-refractivity contribution in [3.05, 3.63) is 60.0 Å². The van der Waals surface area contributed by atoms with Gasteiger partial charge in [0.2, 0.25) is 12.7 Å². The molecule has 3 aromatic rings. The Bertz CT molecular complexity index is 1230. The van der Waals surface area contributed by atoms with E-state index in [1.807, 2.05) is 42.7 Å². The molecule has 1 aliphatic carbocycles. The maximum Gasteiger partial charge on any atom is 0.231 e. The summed E-state index contributed by atoms with van der Waals surface area (Å²) in [6.45, 7) is 8.15. The van der Waals surface area contributed by atoms with Crippen LogP contribution in [0.3, 0.4) is 0 Å². The first-order chi connectivity index (χ1) is 15.8. The third-order valence-corrected chi connectivity index (χ3v) is 7.72. The first-order valence-corrected chi connectivity index (χ1v) is 11.9. The first kappa shape index (κ1) is 20.6. The smallest absolute Gasteiger partial charge is 0.231 e. The van der Waals surface area contributed by atoms with Gasteiger partial charge in [-0.05, 0) is 59.9 Å². The monoisotopic (exact) mass is 445 g/mol. The van der Waals surface area contributed by atoms with Gasteiger partial charge < -0.3 is 18.8 Å². The molecule has 172 valence electrons. The maximum absolute atomic E-state index is 13.8. The molecule has 3 aliphatic rings. The quantitative estimate of drug-likeness (QED) is 0.566. The van der Waals surface area contributed by atoms with E-state index in [1.165, 1.54) is 6.42 Å². The van der Waals surface area contributed by atoms with Crippen LogP contribution in [-0.4, -0.2) is 39.6 Å². The van der Waals surface area contributed by atoms with Gasteiger partial charge in [0.25, 0.3) is 0 Å². The number of imidazole rings is 1. The third-order valence-electron chi connectivity index (χ3n) is 7.72. The van der Waals surface area contributed by atoms with Crippen LogP contribution in [0.1, 0.15) is 63.6 Å². The molecular weight excluding hydrogens is 414 g/mol. The Balaban J connectivity index is 1.36. The lowest BCUT2D eigenvalue weighted by Gasteiger charge is -2.39. The summed E-state index contributed by atoms with van der Waals surface area (Å²) in [7, 11) is 0. The van der Waals surface area contributed by atoms with E-state index in [2.05, 4.69) is 41.1 Å². The Kier molecular flexibility index (Phi) is 4.51. The zero-order valence-electron chi connectivity index (χ0n) is 19.6. The highest BCUT2D eigenvalue weighted by Crippen LogP contribution is 2.53. The number of likely N-dealkylation sites (tertiary alicyclic amines) is 1. The van der Waals surface area contributed by atoms with Gasteiger partial charge in [0, 0.05) is 37.3 Å². The molecule has 2 aliphatic heterocycles. The Labute approximate surface area is 194 Å². The van der Waals surface area contributed by atoms with Crippen molar-refractivity contribution in [1.29, 1.82) is 0 Å². The van der Waals surface area contributed by atoms with Crippen molar-refractivity contribution in [3.8, 4) is 11.5 Å². The number of benzene rings is 1. The average molecular weight is 446 g/mol. The van der Waals surface area contributed by atoms with Crippen molar-refractivity contribution in [2.45, 2.75) is 58.4 Å². The highest BCUT2D eigenvalue weighted by Gasteiger charge is 2.51. The maximum atomic E-state index is 13.8. The van der Waals surface area contributed by atoms with Gasteiger partial charge in [-0.2, -0.15) is 0 Å². The molecule has 2 aromatic heterocycles. The summed E-state index contributed by atoms with van der Waals surface area (Å²) in [6, 6.07) is 12.4. The van der Waals surface area contributed by atoms with Gasteiger partial charge in [0.1, 0.15) is 5.65 Å². The zero-order chi connectivity index (χ0) is 22.8. The molecule has 1 aromatic carbocycles. The predicted octanol–water partition coefficient (Wildman–Crippen LogP) is 5.01. The number of carbonyl (C=O) groups excluding carboxylic acids is 1. The van der Waals surface area contributed by atoms with E-state index in [4.69, 9.17) is 9.47 Å². The molecule has 1 saturated heterocycles. The zero-order valence-corrected chi connectivity index (χ0v) is 19.6. The molecule has 1 saturated carbocycles. The average Bonchev–Trinajstić information content (AvgIpc) is 3.46. The molecule has 0 radical (unpaired) electrons. The van der Waals surface area contributed by atoms with E-state index >= 15 is 0 Å².